The second-order valence-electron chi connectivity index (χ2n) is 7.63. The number of rotatable bonds is 8. The van der Waals surface area contributed by atoms with E-state index in [-0.39, 0.29) is 16.9 Å². The number of aliphatic hydroxyl groups excluding tert-OH is 2. The lowest BCUT2D eigenvalue weighted by atomic mass is 9.85. The van der Waals surface area contributed by atoms with Crippen molar-refractivity contribution in [2.75, 3.05) is 14.2 Å². The van der Waals surface area contributed by atoms with Crippen LogP contribution in [0, 0.1) is 0 Å². The molecule has 0 saturated carbocycles. The summed E-state index contributed by atoms with van der Waals surface area (Å²) in [5.41, 5.74) is -4.63. The monoisotopic (exact) mass is 445 g/mol. The number of carbonyl (C=O) groups excluding carboxylic acids is 3. The topological polar surface area (TPSA) is 131 Å². The first kappa shape index (κ1) is 23.8. The molecule has 1 amide bonds. The van der Waals surface area contributed by atoms with Crippen molar-refractivity contribution in [2.45, 2.75) is 49.9 Å². The normalized spacial score (nSPS) is 29.5. The van der Waals surface area contributed by atoms with Crippen molar-refractivity contribution in [3.8, 4) is 0 Å². The van der Waals surface area contributed by atoms with E-state index in [2.05, 4.69) is 5.32 Å². The van der Waals surface area contributed by atoms with Gasteiger partial charge < -0.3 is 29.7 Å². The fourth-order valence-electron chi connectivity index (χ4n) is 4.01. The van der Waals surface area contributed by atoms with Gasteiger partial charge in [-0.05, 0) is 13.3 Å². The predicted octanol–water partition coefficient (Wildman–Crippen LogP) is 0.657. The van der Waals surface area contributed by atoms with Crippen LogP contribution in [0.5, 0.6) is 0 Å². The van der Waals surface area contributed by atoms with Crippen LogP contribution >= 0.6 is 0 Å². The van der Waals surface area contributed by atoms with Gasteiger partial charge in [0.15, 0.2) is 6.10 Å². The number of hydrogen-bond acceptors (Lipinski definition) is 8. The SMILES string of the molecule is CCC=C[C@H](OC)[C@H](O)C1=C(C)C(=O)[C@]2(O1)C(=O)N[C@@](OC)(C(=O)c1ccccc1)[C@@H]2O. The highest BCUT2D eigenvalue weighted by atomic mass is 16.6. The van der Waals surface area contributed by atoms with Crippen LogP contribution in [0.1, 0.15) is 30.6 Å². The minimum absolute atomic E-state index is 0.0577. The molecular formula is C23H27NO8. The smallest absolute Gasteiger partial charge is 0.278 e. The van der Waals surface area contributed by atoms with E-state index in [9.17, 15) is 24.6 Å². The summed E-state index contributed by atoms with van der Waals surface area (Å²) in [6.45, 7) is 3.27. The van der Waals surface area contributed by atoms with Crippen LogP contribution in [0.25, 0.3) is 0 Å². The highest BCUT2D eigenvalue weighted by Crippen LogP contribution is 2.44. The van der Waals surface area contributed by atoms with Crippen molar-refractivity contribution in [2.24, 2.45) is 0 Å². The summed E-state index contributed by atoms with van der Waals surface area (Å²) in [6, 6.07) is 7.91. The molecule has 9 nitrogen and oxygen atoms in total. The summed E-state index contributed by atoms with van der Waals surface area (Å²) in [4.78, 5) is 39.5. The van der Waals surface area contributed by atoms with Crippen LogP contribution < -0.4 is 5.32 Å². The molecule has 3 rings (SSSR count). The fraction of sp³-hybridized carbons (Fsp3) is 0.435. The maximum absolute atomic E-state index is 13.2. The largest absolute Gasteiger partial charge is 0.467 e. The number of Topliss-reactive ketones (excluding diaryl/α,β-unsaturated/α-hetero) is 2. The van der Waals surface area contributed by atoms with E-state index in [0.717, 1.165) is 7.11 Å². The Kier molecular flexibility index (Phi) is 6.66. The summed E-state index contributed by atoms with van der Waals surface area (Å²) in [5, 5.41) is 24.3. The van der Waals surface area contributed by atoms with Gasteiger partial charge in [-0.2, -0.15) is 0 Å². The highest BCUT2D eigenvalue weighted by Gasteiger charge is 2.74. The van der Waals surface area contributed by atoms with Crippen molar-refractivity contribution >= 4 is 17.5 Å². The van der Waals surface area contributed by atoms with E-state index >= 15 is 0 Å². The van der Waals surface area contributed by atoms with Gasteiger partial charge in [0.05, 0.1) is 0 Å². The van der Waals surface area contributed by atoms with Gasteiger partial charge in [0, 0.05) is 25.4 Å². The molecule has 1 spiro atoms. The van der Waals surface area contributed by atoms with Gasteiger partial charge in [-0.1, -0.05) is 49.4 Å². The second kappa shape index (κ2) is 8.95. The predicted molar refractivity (Wildman–Crippen MR) is 112 cm³/mol. The molecule has 5 atom stereocenters. The Morgan fingerprint density at radius 1 is 1.28 bits per heavy atom. The van der Waals surface area contributed by atoms with E-state index in [4.69, 9.17) is 14.2 Å². The molecule has 2 aliphatic rings. The van der Waals surface area contributed by atoms with Gasteiger partial charge in [-0.25, -0.2) is 0 Å². The number of nitrogens with one attached hydrogen (secondary N) is 1. The number of aliphatic hydroxyl groups is 2. The quantitative estimate of drug-likeness (QED) is 0.302. The third-order valence-electron chi connectivity index (χ3n) is 5.83. The first-order valence-electron chi connectivity index (χ1n) is 10.2. The van der Waals surface area contributed by atoms with Crippen molar-refractivity contribution in [3.63, 3.8) is 0 Å². The first-order chi connectivity index (χ1) is 15.2. The maximum atomic E-state index is 13.2. The number of ketones is 2. The van der Waals surface area contributed by atoms with Crippen LogP contribution in [0.4, 0.5) is 0 Å². The highest BCUT2D eigenvalue weighted by molar-refractivity contribution is 6.23. The minimum atomic E-state index is -2.48. The van der Waals surface area contributed by atoms with E-state index in [0.29, 0.717) is 6.42 Å². The molecule has 32 heavy (non-hydrogen) atoms. The van der Waals surface area contributed by atoms with Gasteiger partial charge in [0.25, 0.3) is 11.5 Å². The summed E-state index contributed by atoms with van der Waals surface area (Å²) in [5.74, 6) is -2.87. The molecule has 2 aliphatic heterocycles. The zero-order chi connectivity index (χ0) is 23.7. The molecular weight excluding hydrogens is 418 g/mol. The molecule has 0 radical (unpaired) electrons. The number of methoxy groups -OCH3 is 2. The number of ether oxygens (including phenoxy) is 3. The fourth-order valence-corrected chi connectivity index (χ4v) is 4.01. The van der Waals surface area contributed by atoms with Crippen molar-refractivity contribution in [1.82, 2.24) is 5.32 Å². The first-order valence-corrected chi connectivity index (χ1v) is 10.2. The average molecular weight is 445 g/mol. The Labute approximate surface area is 185 Å². The lowest BCUT2D eigenvalue weighted by molar-refractivity contribution is -0.163. The Hall–Kier alpha value is -2.85. The lowest BCUT2D eigenvalue weighted by Gasteiger charge is -2.32. The Morgan fingerprint density at radius 2 is 1.94 bits per heavy atom. The van der Waals surface area contributed by atoms with Gasteiger partial charge in [-0.3, -0.25) is 14.4 Å². The second-order valence-corrected chi connectivity index (χ2v) is 7.63. The molecule has 172 valence electrons. The summed E-state index contributed by atoms with van der Waals surface area (Å²) >= 11 is 0. The van der Waals surface area contributed by atoms with Gasteiger partial charge in [-0.15, -0.1) is 0 Å². The summed E-state index contributed by atoms with van der Waals surface area (Å²) in [7, 11) is 2.51. The van der Waals surface area contributed by atoms with Gasteiger partial charge >= 0.3 is 0 Å². The van der Waals surface area contributed by atoms with Crippen LogP contribution in [0.3, 0.4) is 0 Å². The number of carbonyl (C=O) groups is 3. The molecule has 2 heterocycles. The molecule has 1 saturated heterocycles. The minimum Gasteiger partial charge on any atom is -0.467 e. The molecule has 0 aliphatic carbocycles. The molecule has 9 heteroatoms. The van der Waals surface area contributed by atoms with Crippen LogP contribution in [0.15, 0.2) is 53.8 Å². The molecule has 3 N–H and O–H groups in total. The van der Waals surface area contributed by atoms with Gasteiger partial charge in [0.1, 0.15) is 18.0 Å². The van der Waals surface area contributed by atoms with E-state index in [1.807, 2.05) is 6.92 Å². The van der Waals surface area contributed by atoms with E-state index in [1.165, 1.54) is 26.2 Å². The molecule has 0 bridgehead atoms. The molecule has 0 unspecified atom stereocenters. The lowest BCUT2D eigenvalue weighted by Crippen LogP contribution is -2.60. The van der Waals surface area contributed by atoms with Crippen LogP contribution in [0.2, 0.25) is 0 Å². The number of benzene rings is 1. The van der Waals surface area contributed by atoms with Crippen LogP contribution in [-0.4, -0.2) is 71.5 Å². The van der Waals surface area contributed by atoms with Crippen LogP contribution in [-0.2, 0) is 23.8 Å². The molecule has 0 aromatic heterocycles. The molecule has 1 aromatic rings. The average Bonchev–Trinajstić information content (AvgIpc) is 3.21. The zero-order valence-corrected chi connectivity index (χ0v) is 18.3. The van der Waals surface area contributed by atoms with Crippen molar-refractivity contribution < 1.29 is 38.8 Å². The Balaban J connectivity index is 2.00. The van der Waals surface area contributed by atoms with Crippen molar-refractivity contribution in [1.29, 1.82) is 0 Å². The standard InChI is InChI=1S/C23H27NO8/c1-5-6-12-15(30-3)16(25)17-13(2)18(26)22(32-17)20(28)23(31-4,24-21(22)29)19(27)14-10-8-7-9-11-14/h6-12,15-16,20,25,28H,5H2,1-4H3,(H,24,29)/t15-,16-,20+,22+,23+/m0/s1. The number of amides is 1. The molecule has 1 fully saturated rings. The van der Waals surface area contributed by atoms with Gasteiger partial charge in [0.2, 0.25) is 17.3 Å². The number of allylic oxidation sites excluding steroid dienone is 1. The summed E-state index contributed by atoms with van der Waals surface area (Å²) < 4.78 is 16.3. The third kappa shape index (κ3) is 3.38. The van der Waals surface area contributed by atoms with E-state index in [1.54, 1.807) is 30.4 Å². The maximum Gasteiger partial charge on any atom is 0.278 e. The Morgan fingerprint density at radius 3 is 2.50 bits per heavy atom. The van der Waals surface area contributed by atoms with E-state index < -0.39 is 47.1 Å². The zero-order valence-electron chi connectivity index (χ0n) is 18.3. The number of hydrogen-bond donors (Lipinski definition) is 3. The Bertz CT molecular complexity index is 971. The third-order valence-corrected chi connectivity index (χ3v) is 5.83. The van der Waals surface area contributed by atoms with Crippen molar-refractivity contribution in [3.05, 3.63) is 59.4 Å². The molecule has 1 aromatic carbocycles. The summed E-state index contributed by atoms with van der Waals surface area (Å²) in [6.07, 6.45) is -0.248.